The van der Waals surface area contributed by atoms with Gasteiger partial charge in [0.1, 0.15) is 0 Å². The van der Waals surface area contributed by atoms with E-state index in [2.05, 4.69) is 15.2 Å². The minimum atomic E-state index is -0.475. The van der Waals surface area contributed by atoms with Crippen molar-refractivity contribution in [3.63, 3.8) is 0 Å². The van der Waals surface area contributed by atoms with E-state index in [1.54, 1.807) is 6.07 Å². The number of aromatic nitrogens is 1. The van der Waals surface area contributed by atoms with Crippen molar-refractivity contribution in [3.8, 4) is 0 Å². The number of anilines is 2. The van der Waals surface area contributed by atoms with Crippen molar-refractivity contribution in [2.75, 3.05) is 23.3 Å². The van der Waals surface area contributed by atoms with Gasteiger partial charge in [0.15, 0.2) is 0 Å². The molecule has 2 aromatic carbocycles. The highest BCUT2D eigenvalue weighted by Crippen LogP contribution is 2.30. The Labute approximate surface area is 149 Å². The molecule has 1 amide bonds. The van der Waals surface area contributed by atoms with Crippen molar-refractivity contribution in [3.05, 3.63) is 64.3 Å². The Morgan fingerprint density at radius 3 is 2.73 bits per heavy atom. The van der Waals surface area contributed by atoms with Gasteiger partial charge >= 0.3 is 0 Å². The van der Waals surface area contributed by atoms with Crippen LogP contribution in [0.5, 0.6) is 0 Å². The number of H-pyrrole nitrogens is 1. The number of non-ortho nitro benzene ring substituents is 1. The second-order valence-electron chi connectivity index (χ2n) is 6.35. The number of aromatic amines is 1. The van der Waals surface area contributed by atoms with Crippen molar-refractivity contribution in [1.29, 1.82) is 0 Å². The summed E-state index contributed by atoms with van der Waals surface area (Å²) in [5.74, 6) is -0.343. The van der Waals surface area contributed by atoms with Crippen LogP contribution in [0, 0.1) is 10.1 Å². The molecule has 7 nitrogen and oxygen atoms in total. The van der Waals surface area contributed by atoms with Crippen LogP contribution in [-0.2, 0) is 0 Å². The molecule has 3 aromatic rings. The molecule has 1 saturated heterocycles. The van der Waals surface area contributed by atoms with Gasteiger partial charge < -0.3 is 15.2 Å². The summed E-state index contributed by atoms with van der Waals surface area (Å²) in [6.07, 6.45) is 3.92. The van der Waals surface area contributed by atoms with Crippen molar-refractivity contribution in [2.24, 2.45) is 0 Å². The van der Waals surface area contributed by atoms with Crippen molar-refractivity contribution < 1.29 is 9.72 Å². The SMILES string of the molecule is O=C(Nc1cccc2[nH]ccc12)c1cc([N+](=O)[O-])ccc1N1CCCC1. The van der Waals surface area contributed by atoms with E-state index in [-0.39, 0.29) is 11.6 Å². The zero-order valence-electron chi connectivity index (χ0n) is 14.1. The number of carbonyl (C=O) groups is 1. The lowest BCUT2D eigenvalue weighted by Gasteiger charge is -2.21. The van der Waals surface area contributed by atoms with Crippen LogP contribution in [0.25, 0.3) is 10.9 Å². The number of nitro groups is 1. The third-order valence-electron chi connectivity index (χ3n) is 4.73. The first-order chi connectivity index (χ1) is 12.6. The largest absolute Gasteiger partial charge is 0.371 e. The zero-order chi connectivity index (χ0) is 18.1. The molecule has 132 valence electrons. The highest BCUT2D eigenvalue weighted by molar-refractivity contribution is 6.11. The first-order valence-corrected chi connectivity index (χ1v) is 8.54. The van der Waals surface area contributed by atoms with Crippen molar-refractivity contribution >= 4 is 33.9 Å². The number of amides is 1. The summed E-state index contributed by atoms with van der Waals surface area (Å²) in [6.45, 7) is 1.71. The van der Waals surface area contributed by atoms with E-state index < -0.39 is 4.92 Å². The lowest BCUT2D eigenvalue weighted by atomic mass is 10.1. The maximum Gasteiger partial charge on any atom is 0.270 e. The molecule has 0 aliphatic carbocycles. The van der Waals surface area contributed by atoms with Gasteiger partial charge in [-0.15, -0.1) is 0 Å². The number of rotatable bonds is 4. The Morgan fingerprint density at radius 2 is 1.96 bits per heavy atom. The first-order valence-electron chi connectivity index (χ1n) is 8.54. The fraction of sp³-hybridized carbons (Fsp3) is 0.211. The van der Waals surface area contributed by atoms with Gasteiger partial charge in [0.25, 0.3) is 11.6 Å². The van der Waals surface area contributed by atoms with Crippen LogP contribution in [0.1, 0.15) is 23.2 Å². The number of carbonyl (C=O) groups excluding carboxylic acids is 1. The summed E-state index contributed by atoms with van der Waals surface area (Å²) in [6, 6.07) is 12.0. The zero-order valence-corrected chi connectivity index (χ0v) is 14.1. The van der Waals surface area contributed by atoms with E-state index in [0.717, 1.165) is 42.5 Å². The summed E-state index contributed by atoms with van der Waals surface area (Å²) in [7, 11) is 0. The summed E-state index contributed by atoms with van der Waals surface area (Å²) in [5.41, 5.74) is 2.58. The number of hydrogen-bond acceptors (Lipinski definition) is 4. The Hall–Kier alpha value is -3.35. The number of nitrogens with zero attached hydrogens (tertiary/aromatic N) is 2. The monoisotopic (exact) mass is 350 g/mol. The molecular formula is C19H18N4O3. The number of hydrogen-bond donors (Lipinski definition) is 2. The molecule has 26 heavy (non-hydrogen) atoms. The minimum absolute atomic E-state index is 0.0852. The second kappa shape index (κ2) is 6.51. The summed E-state index contributed by atoms with van der Waals surface area (Å²) >= 11 is 0. The van der Waals surface area contributed by atoms with Gasteiger partial charge in [-0.1, -0.05) is 6.07 Å². The smallest absolute Gasteiger partial charge is 0.270 e. The van der Waals surface area contributed by atoms with E-state index in [0.29, 0.717) is 11.3 Å². The highest BCUT2D eigenvalue weighted by atomic mass is 16.6. The van der Waals surface area contributed by atoms with E-state index >= 15 is 0 Å². The molecule has 1 aliphatic heterocycles. The average Bonchev–Trinajstić information content (AvgIpc) is 3.33. The van der Waals surface area contributed by atoms with E-state index in [9.17, 15) is 14.9 Å². The fourth-order valence-corrected chi connectivity index (χ4v) is 3.44. The van der Waals surface area contributed by atoms with E-state index in [1.165, 1.54) is 12.1 Å². The molecule has 7 heteroatoms. The van der Waals surface area contributed by atoms with Gasteiger partial charge in [0, 0.05) is 42.3 Å². The van der Waals surface area contributed by atoms with Crippen LogP contribution in [-0.4, -0.2) is 28.9 Å². The lowest BCUT2D eigenvalue weighted by molar-refractivity contribution is -0.384. The van der Waals surface area contributed by atoms with Crippen LogP contribution in [0.3, 0.4) is 0 Å². The number of nitro benzene ring substituents is 1. The highest BCUT2D eigenvalue weighted by Gasteiger charge is 2.23. The molecule has 1 aromatic heterocycles. The number of fused-ring (bicyclic) bond motifs is 1. The van der Waals surface area contributed by atoms with Gasteiger partial charge in [-0.25, -0.2) is 0 Å². The topological polar surface area (TPSA) is 91.3 Å². The molecule has 0 radical (unpaired) electrons. The van der Waals surface area contributed by atoms with Gasteiger partial charge in [-0.05, 0) is 37.1 Å². The van der Waals surface area contributed by atoms with Gasteiger partial charge in [0.2, 0.25) is 0 Å². The van der Waals surface area contributed by atoms with E-state index in [4.69, 9.17) is 0 Å². The predicted octanol–water partition coefficient (Wildman–Crippen LogP) is 3.93. The van der Waals surface area contributed by atoms with Crippen LogP contribution in [0.15, 0.2) is 48.7 Å². The Kier molecular flexibility index (Phi) is 4.04. The third-order valence-corrected chi connectivity index (χ3v) is 4.73. The average molecular weight is 350 g/mol. The van der Waals surface area contributed by atoms with Gasteiger partial charge in [-0.2, -0.15) is 0 Å². The molecule has 0 saturated carbocycles. The molecule has 1 aliphatic rings. The molecular weight excluding hydrogens is 332 g/mol. The molecule has 0 unspecified atom stereocenters. The second-order valence-corrected chi connectivity index (χ2v) is 6.35. The standard InChI is InChI=1S/C19H18N4O3/c24-19(21-17-5-3-4-16-14(17)8-9-20-16)15-12-13(23(25)26)6-7-18(15)22-10-1-2-11-22/h3-9,12,20H,1-2,10-11H2,(H,21,24). The van der Waals surface area contributed by atoms with Crippen LogP contribution < -0.4 is 10.2 Å². The Balaban J connectivity index is 1.72. The van der Waals surface area contributed by atoms with Crippen LogP contribution >= 0.6 is 0 Å². The molecule has 2 heterocycles. The minimum Gasteiger partial charge on any atom is -0.371 e. The first kappa shape index (κ1) is 16.1. The summed E-state index contributed by atoms with van der Waals surface area (Å²) in [4.78, 5) is 28.9. The predicted molar refractivity (Wildman–Crippen MR) is 101 cm³/mol. The third kappa shape index (κ3) is 2.88. The van der Waals surface area contributed by atoms with E-state index in [1.807, 2.05) is 30.5 Å². The Morgan fingerprint density at radius 1 is 1.15 bits per heavy atom. The molecule has 4 rings (SSSR count). The Bertz CT molecular complexity index is 989. The fourth-order valence-electron chi connectivity index (χ4n) is 3.44. The number of benzene rings is 2. The molecule has 0 atom stereocenters. The maximum atomic E-state index is 13.0. The summed E-state index contributed by atoms with van der Waals surface area (Å²) in [5, 5.41) is 15.0. The van der Waals surface area contributed by atoms with Gasteiger partial charge in [-0.3, -0.25) is 14.9 Å². The van der Waals surface area contributed by atoms with Crippen LogP contribution in [0.2, 0.25) is 0 Å². The summed E-state index contributed by atoms with van der Waals surface area (Å²) < 4.78 is 0. The van der Waals surface area contributed by atoms with Gasteiger partial charge in [0.05, 0.1) is 21.9 Å². The van der Waals surface area contributed by atoms with Crippen molar-refractivity contribution in [2.45, 2.75) is 12.8 Å². The molecule has 1 fully saturated rings. The van der Waals surface area contributed by atoms with Crippen LogP contribution in [0.4, 0.5) is 17.1 Å². The quantitative estimate of drug-likeness (QED) is 0.551. The lowest BCUT2D eigenvalue weighted by Crippen LogP contribution is -2.23. The maximum absolute atomic E-state index is 13.0. The van der Waals surface area contributed by atoms with Crippen molar-refractivity contribution in [1.82, 2.24) is 4.98 Å². The number of nitrogens with one attached hydrogen (secondary N) is 2. The molecule has 2 N–H and O–H groups in total. The normalized spacial score (nSPS) is 13.9. The molecule has 0 spiro atoms. The molecule has 0 bridgehead atoms.